The predicted molar refractivity (Wildman–Crippen MR) is 251 cm³/mol. The summed E-state index contributed by atoms with van der Waals surface area (Å²) in [5, 5.41) is 7.31. The highest BCUT2D eigenvalue weighted by molar-refractivity contribution is 6.22. The summed E-state index contributed by atoms with van der Waals surface area (Å²) in [7, 11) is 0. The van der Waals surface area contributed by atoms with Crippen molar-refractivity contribution in [2.45, 2.75) is 19.3 Å². The molecular formula is C57H42N2. The van der Waals surface area contributed by atoms with Crippen LogP contribution in [0, 0.1) is 0 Å². The highest BCUT2D eigenvalue weighted by Gasteiger charge is 2.36. The molecule has 10 aromatic rings. The average Bonchev–Trinajstić information content (AvgIpc) is 3.52. The van der Waals surface area contributed by atoms with Gasteiger partial charge in [0, 0.05) is 44.6 Å². The lowest BCUT2D eigenvalue weighted by Crippen LogP contribution is -2.17. The molecule has 0 spiro atoms. The van der Waals surface area contributed by atoms with Crippen molar-refractivity contribution >= 4 is 66.4 Å². The minimum absolute atomic E-state index is 0.116. The zero-order valence-electron chi connectivity index (χ0n) is 33.2. The third kappa shape index (κ3) is 5.71. The second kappa shape index (κ2) is 13.9. The standard InChI is InChI=1S/C57H42N2/c1-57(2)53-28-16-15-23-47(53)48-36-35-46(38-54(48)57)59(43-21-7-4-8-22-43)56-51-26-13-11-24-49(51)55(50-25-12-14-27-52(50)56)40-30-32-44(33-31-40)58(42-19-5-3-6-20-42)45-34-29-39-17-9-10-18-41(39)37-45/h3-38H,1-2H3. The molecule has 0 aromatic heterocycles. The number of rotatable bonds is 7. The van der Waals surface area contributed by atoms with Crippen molar-refractivity contribution in [2.24, 2.45) is 0 Å². The van der Waals surface area contributed by atoms with Gasteiger partial charge < -0.3 is 9.80 Å². The minimum atomic E-state index is -0.116. The van der Waals surface area contributed by atoms with Gasteiger partial charge in [0.2, 0.25) is 0 Å². The quantitative estimate of drug-likeness (QED) is 0.150. The van der Waals surface area contributed by atoms with Crippen LogP contribution in [0.4, 0.5) is 34.1 Å². The summed E-state index contributed by atoms with van der Waals surface area (Å²) in [6.07, 6.45) is 0. The smallest absolute Gasteiger partial charge is 0.0618 e. The van der Waals surface area contributed by atoms with Crippen molar-refractivity contribution in [3.05, 3.63) is 230 Å². The molecule has 10 aromatic carbocycles. The van der Waals surface area contributed by atoms with Crippen molar-refractivity contribution < 1.29 is 0 Å². The SMILES string of the molecule is CC1(C)c2ccccc2-c2ccc(N(c3ccccc3)c3c4ccccc4c(-c4ccc(N(c5ccccc5)c5ccc6ccccc6c5)cc4)c4ccccc34)cc21. The first-order valence-electron chi connectivity index (χ1n) is 20.5. The molecule has 0 heterocycles. The van der Waals surface area contributed by atoms with Crippen molar-refractivity contribution in [3.63, 3.8) is 0 Å². The zero-order chi connectivity index (χ0) is 39.5. The summed E-state index contributed by atoms with van der Waals surface area (Å²) >= 11 is 0. The van der Waals surface area contributed by atoms with Crippen LogP contribution in [0.2, 0.25) is 0 Å². The summed E-state index contributed by atoms with van der Waals surface area (Å²) in [4.78, 5) is 4.84. The van der Waals surface area contributed by atoms with Crippen LogP contribution in [0.25, 0.3) is 54.6 Å². The van der Waals surface area contributed by atoms with Gasteiger partial charge in [0.15, 0.2) is 0 Å². The lowest BCUT2D eigenvalue weighted by molar-refractivity contribution is 0.660. The van der Waals surface area contributed by atoms with Crippen molar-refractivity contribution in [1.29, 1.82) is 0 Å². The Morgan fingerprint density at radius 1 is 0.322 bits per heavy atom. The van der Waals surface area contributed by atoms with Gasteiger partial charge in [-0.05, 0) is 116 Å². The van der Waals surface area contributed by atoms with Gasteiger partial charge in [-0.3, -0.25) is 0 Å². The summed E-state index contributed by atoms with van der Waals surface area (Å²) in [6, 6.07) is 79.9. The van der Waals surface area contributed by atoms with Gasteiger partial charge in [0.05, 0.1) is 5.69 Å². The molecule has 0 saturated heterocycles. The van der Waals surface area contributed by atoms with E-state index < -0.39 is 0 Å². The van der Waals surface area contributed by atoms with E-state index in [-0.39, 0.29) is 5.41 Å². The Labute approximate surface area is 345 Å². The Hall–Kier alpha value is -7.42. The van der Waals surface area contributed by atoms with Crippen LogP contribution < -0.4 is 9.80 Å². The summed E-state index contributed by atoms with van der Waals surface area (Å²) < 4.78 is 0. The fraction of sp³-hybridized carbons (Fsp3) is 0.0526. The molecule has 280 valence electrons. The maximum Gasteiger partial charge on any atom is 0.0618 e. The molecule has 0 atom stereocenters. The maximum atomic E-state index is 2.48. The summed E-state index contributed by atoms with van der Waals surface area (Å²) in [5.74, 6) is 0. The lowest BCUT2D eigenvalue weighted by atomic mass is 9.82. The zero-order valence-corrected chi connectivity index (χ0v) is 33.2. The molecule has 59 heavy (non-hydrogen) atoms. The van der Waals surface area contributed by atoms with Crippen LogP contribution in [-0.4, -0.2) is 0 Å². The van der Waals surface area contributed by atoms with E-state index in [2.05, 4.69) is 242 Å². The largest absolute Gasteiger partial charge is 0.310 e. The monoisotopic (exact) mass is 754 g/mol. The molecule has 2 heteroatoms. The predicted octanol–water partition coefficient (Wildman–Crippen LogP) is 16.1. The number of anilines is 6. The van der Waals surface area contributed by atoms with Crippen LogP contribution in [0.5, 0.6) is 0 Å². The third-order valence-electron chi connectivity index (χ3n) is 12.4. The summed E-state index contributed by atoms with van der Waals surface area (Å²) in [6.45, 7) is 4.72. The molecule has 0 amide bonds. The molecule has 0 radical (unpaired) electrons. The number of hydrogen-bond acceptors (Lipinski definition) is 2. The highest BCUT2D eigenvalue weighted by Crippen LogP contribution is 2.53. The molecule has 0 bridgehead atoms. The molecule has 2 nitrogen and oxygen atoms in total. The first-order chi connectivity index (χ1) is 29.0. The molecule has 0 fully saturated rings. The van der Waals surface area contributed by atoms with Crippen LogP contribution >= 0.6 is 0 Å². The normalized spacial score (nSPS) is 12.7. The Morgan fingerprint density at radius 3 is 1.47 bits per heavy atom. The van der Waals surface area contributed by atoms with Gasteiger partial charge in [-0.25, -0.2) is 0 Å². The summed E-state index contributed by atoms with van der Waals surface area (Å²) in [5.41, 5.74) is 14.5. The van der Waals surface area contributed by atoms with Gasteiger partial charge in [0.25, 0.3) is 0 Å². The van der Waals surface area contributed by atoms with Crippen LogP contribution in [0.15, 0.2) is 218 Å². The van der Waals surface area contributed by atoms with E-state index >= 15 is 0 Å². The lowest BCUT2D eigenvalue weighted by Gasteiger charge is -2.31. The van der Waals surface area contributed by atoms with Gasteiger partial charge in [0.1, 0.15) is 0 Å². The molecule has 0 N–H and O–H groups in total. The van der Waals surface area contributed by atoms with Gasteiger partial charge in [-0.1, -0.05) is 172 Å². The second-order valence-electron chi connectivity index (χ2n) is 16.1. The van der Waals surface area contributed by atoms with E-state index in [4.69, 9.17) is 0 Å². The molecule has 11 rings (SSSR count). The molecule has 1 aliphatic rings. The molecule has 0 unspecified atom stereocenters. The molecule has 0 aliphatic heterocycles. The number of para-hydroxylation sites is 2. The Bertz CT molecular complexity index is 3130. The second-order valence-corrected chi connectivity index (χ2v) is 16.1. The Balaban J connectivity index is 1.09. The fourth-order valence-corrected chi connectivity index (χ4v) is 9.59. The van der Waals surface area contributed by atoms with Crippen molar-refractivity contribution in [1.82, 2.24) is 0 Å². The number of benzene rings is 10. The first-order valence-corrected chi connectivity index (χ1v) is 20.5. The minimum Gasteiger partial charge on any atom is -0.310 e. The topological polar surface area (TPSA) is 6.48 Å². The molecule has 0 saturated carbocycles. The number of nitrogens with zero attached hydrogens (tertiary/aromatic N) is 2. The average molecular weight is 755 g/mol. The van der Waals surface area contributed by atoms with E-state index in [0.717, 1.165) is 28.4 Å². The van der Waals surface area contributed by atoms with Gasteiger partial charge >= 0.3 is 0 Å². The van der Waals surface area contributed by atoms with Crippen LogP contribution in [0.3, 0.4) is 0 Å². The number of hydrogen-bond donors (Lipinski definition) is 0. The Morgan fingerprint density at radius 2 is 0.797 bits per heavy atom. The van der Waals surface area contributed by atoms with E-state index in [0.29, 0.717) is 0 Å². The van der Waals surface area contributed by atoms with E-state index in [1.165, 1.54) is 71.4 Å². The first kappa shape index (κ1) is 34.8. The number of fused-ring (bicyclic) bond motifs is 6. The maximum absolute atomic E-state index is 2.48. The van der Waals surface area contributed by atoms with Crippen molar-refractivity contribution in [3.8, 4) is 22.3 Å². The Kier molecular flexibility index (Phi) is 8.20. The fourth-order valence-electron chi connectivity index (χ4n) is 9.59. The highest BCUT2D eigenvalue weighted by atomic mass is 15.1. The van der Waals surface area contributed by atoms with Gasteiger partial charge in [-0.15, -0.1) is 0 Å². The van der Waals surface area contributed by atoms with Crippen LogP contribution in [0.1, 0.15) is 25.0 Å². The molecule has 1 aliphatic carbocycles. The van der Waals surface area contributed by atoms with Gasteiger partial charge in [-0.2, -0.15) is 0 Å². The van der Waals surface area contributed by atoms with E-state index in [1.54, 1.807) is 0 Å². The molecular weight excluding hydrogens is 713 g/mol. The van der Waals surface area contributed by atoms with E-state index in [9.17, 15) is 0 Å². The van der Waals surface area contributed by atoms with Crippen molar-refractivity contribution in [2.75, 3.05) is 9.80 Å². The van der Waals surface area contributed by atoms with Crippen LogP contribution in [-0.2, 0) is 5.41 Å². The third-order valence-corrected chi connectivity index (χ3v) is 12.4. The van der Waals surface area contributed by atoms with E-state index in [1.807, 2.05) is 0 Å².